The van der Waals surface area contributed by atoms with E-state index in [9.17, 15) is 43.2 Å². The molecule has 0 amide bonds. The van der Waals surface area contributed by atoms with E-state index < -0.39 is 97.5 Å². The Hall–Kier alpha value is -1.94. The zero-order valence-corrected chi connectivity index (χ0v) is 73.1. The smallest absolute Gasteiger partial charge is 0.462 e. The summed E-state index contributed by atoms with van der Waals surface area (Å²) in [6.07, 6.45) is 71.1. The van der Waals surface area contributed by atoms with E-state index in [0.717, 1.165) is 108 Å². The third kappa shape index (κ3) is 80.7. The quantitative estimate of drug-likeness (QED) is 0.0222. The number of phosphoric ester groups is 2. The van der Waals surface area contributed by atoms with Crippen molar-refractivity contribution in [2.75, 3.05) is 39.6 Å². The van der Waals surface area contributed by atoms with Gasteiger partial charge in [-0.15, -0.1) is 0 Å². The van der Waals surface area contributed by atoms with Crippen molar-refractivity contribution >= 4 is 39.5 Å². The lowest BCUT2D eigenvalue weighted by Crippen LogP contribution is -2.30. The van der Waals surface area contributed by atoms with Crippen molar-refractivity contribution < 1.29 is 80.2 Å². The first-order chi connectivity index (χ1) is 52.3. The van der Waals surface area contributed by atoms with E-state index in [1.807, 2.05) is 0 Å². The summed E-state index contributed by atoms with van der Waals surface area (Å²) in [4.78, 5) is 73.3. The van der Waals surface area contributed by atoms with Gasteiger partial charge in [0, 0.05) is 25.7 Å². The first-order valence-electron chi connectivity index (χ1n) is 45.9. The van der Waals surface area contributed by atoms with Crippen LogP contribution in [0, 0.1) is 17.8 Å². The number of hydrogen-bond acceptors (Lipinski definition) is 15. The minimum Gasteiger partial charge on any atom is -0.462 e. The molecule has 108 heavy (non-hydrogen) atoms. The number of phosphoric acid groups is 2. The summed E-state index contributed by atoms with van der Waals surface area (Å²) >= 11 is 0. The number of aliphatic hydroxyl groups is 1. The molecular weight excluding hydrogens is 1400 g/mol. The summed E-state index contributed by atoms with van der Waals surface area (Å²) in [5, 5.41) is 10.7. The van der Waals surface area contributed by atoms with Crippen LogP contribution in [0.3, 0.4) is 0 Å². The molecule has 0 radical (unpaired) electrons. The van der Waals surface area contributed by atoms with E-state index in [-0.39, 0.29) is 25.7 Å². The molecule has 0 aromatic heterocycles. The zero-order valence-electron chi connectivity index (χ0n) is 71.3. The van der Waals surface area contributed by atoms with Crippen LogP contribution >= 0.6 is 15.6 Å². The molecule has 0 bridgehead atoms. The molecule has 0 saturated carbocycles. The Kier molecular flexibility index (Phi) is 77.5. The van der Waals surface area contributed by atoms with Crippen molar-refractivity contribution in [3.8, 4) is 0 Å². The summed E-state index contributed by atoms with van der Waals surface area (Å²) in [6.45, 7) is 12.0. The number of aliphatic hydroxyl groups excluding tert-OH is 1. The molecule has 0 rings (SSSR count). The molecule has 0 aliphatic rings. The number of rotatable bonds is 87. The molecule has 0 fully saturated rings. The second-order valence-corrected chi connectivity index (χ2v) is 36.1. The Balaban J connectivity index is 5.20. The number of unbranched alkanes of at least 4 members (excludes halogenated alkanes) is 54. The van der Waals surface area contributed by atoms with E-state index in [1.165, 1.54) is 276 Å². The molecule has 0 aliphatic carbocycles. The van der Waals surface area contributed by atoms with Gasteiger partial charge >= 0.3 is 39.5 Å². The number of esters is 4. The summed E-state index contributed by atoms with van der Waals surface area (Å²) < 4.78 is 68.9. The topological polar surface area (TPSA) is 237 Å². The second kappa shape index (κ2) is 78.9. The Morgan fingerprint density at radius 2 is 0.472 bits per heavy atom. The molecule has 0 aromatic carbocycles. The highest BCUT2D eigenvalue weighted by Gasteiger charge is 2.31. The molecule has 0 aliphatic heterocycles. The molecule has 6 atom stereocenters. The van der Waals surface area contributed by atoms with E-state index in [1.54, 1.807) is 0 Å². The SMILES string of the molecule is CCCCCCCCCCCCCCCCCCCCCCCCC(=O)OC[C@H](COP(=O)(O)OC[C@@H](O)COP(=O)(O)OC[C@@H](COC(=O)CCCCCCCCCC(C)C)OC(=O)CCCCCCCCCCCCCC(C)C)OC(=O)CCCCCCCCCCCCCCCCCCCCC(C)CC. The molecule has 0 heterocycles. The van der Waals surface area contributed by atoms with Gasteiger partial charge in [-0.1, -0.05) is 421 Å². The Morgan fingerprint density at radius 3 is 0.704 bits per heavy atom. The van der Waals surface area contributed by atoms with Gasteiger partial charge in [-0.3, -0.25) is 37.3 Å². The summed E-state index contributed by atoms with van der Waals surface area (Å²) in [7, 11) is -9.93. The minimum absolute atomic E-state index is 0.106. The van der Waals surface area contributed by atoms with Crippen molar-refractivity contribution in [3.05, 3.63) is 0 Å². The zero-order chi connectivity index (χ0) is 79.3. The second-order valence-electron chi connectivity index (χ2n) is 33.2. The monoisotopic (exact) mass is 1580 g/mol. The van der Waals surface area contributed by atoms with Crippen LogP contribution in [-0.4, -0.2) is 96.7 Å². The van der Waals surface area contributed by atoms with Gasteiger partial charge in [0.15, 0.2) is 12.2 Å². The first kappa shape index (κ1) is 106. The van der Waals surface area contributed by atoms with E-state index in [2.05, 4.69) is 48.5 Å². The lowest BCUT2D eigenvalue weighted by Gasteiger charge is -2.21. The average molecular weight is 1580 g/mol. The number of ether oxygens (including phenoxy) is 4. The van der Waals surface area contributed by atoms with Crippen LogP contribution in [0.1, 0.15) is 472 Å². The molecule has 3 N–H and O–H groups in total. The molecule has 17 nitrogen and oxygen atoms in total. The standard InChI is InChI=1S/C89H174O17P2/c1-8-10-11-12-13-14-15-16-17-18-19-20-21-22-26-29-32-37-42-49-56-63-70-86(91)99-76-84(105-88(93)72-65-58-50-43-38-33-30-27-24-23-25-28-31-36-41-48-55-62-69-82(7)9-2)78-103-107(95,96)101-74-83(90)75-102-108(97,98)104-79-85(77-100-87(92)71-64-57-52-45-47-54-61-68-81(5)6)106-89(94)73-66-59-51-44-39-34-35-40-46-53-60-67-80(3)4/h80-85,90H,8-79H2,1-7H3,(H,95,96)(H,97,98)/t82?,83-,84-,85-/m1/s1. The Labute approximate surface area is 664 Å². The molecule has 0 spiro atoms. The van der Waals surface area contributed by atoms with Crippen LogP contribution in [0.25, 0.3) is 0 Å². The van der Waals surface area contributed by atoms with Crippen LogP contribution in [-0.2, 0) is 65.4 Å². The lowest BCUT2D eigenvalue weighted by atomic mass is 9.99. The largest absolute Gasteiger partial charge is 0.472 e. The van der Waals surface area contributed by atoms with Crippen LogP contribution in [0.15, 0.2) is 0 Å². The van der Waals surface area contributed by atoms with Gasteiger partial charge in [-0.2, -0.15) is 0 Å². The highest BCUT2D eigenvalue weighted by atomic mass is 31.2. The maximum absolute atomic E-state index is 13.2. The van der Waals surface area contributed by atoms with Crippen LogP contribution < -0.4 is 0 Å². The number of carbonyl (C=O) groups excluding carboxylic acids is 4. The highest BCUT2D eigenvalue weighted by Crippen LogP contribution is 2.45. The summed E-state index contributed by atoms with van der Waals surface area (Å²) in [5.74, 6) is 0.236. The van der Waals surface area contributed by atoms with Crippen molar-refractivity contribution in [2.45, 2.75) is 491 Å². The van der Waals surface area contributed by atoms with Crippen LogP contribution in [0.4, 0.5) is 0 Å². The van der Waals surface area contributed by atoms with Crippen molar-refractivity contribution in [2.24, 2.45) is 17.8 Å². The van der Waals surface area contributed by atoms with E-state index in [4.69, 9.17) is 37.0 Å². The molecule has 0 aromatic rings. The Morgan fingerprint density at radius 1 is 0.269 bits per heavy atom. The molecular formula is C89H174O17P2. The normalized spacial score (nSPS) is 14.1. The fraction of sp³-hybridized carbons (Fsp3) is 0.955. The predicted octanol–water partition coefficient (Wildman–Crippen LogP) is 27.3. The van der Waals surface area contributed by atoms with E-state index >= 15 is 0 Å². The molecule has 3 unspecified atom stereocenters. The highest BCUT2D eigenvalue weighted by molar-refractivity contribution is 7.47. The minimum atomic E-state index is -4.97. The van der Waals surface area contributed by atoms with Crippen molar-refractivity contribution in [1.29, 1.82) is 0 Å². The maximum atomic E-state index is 13.2. The van der Waals surface area contributed by atoms with E-state index in [0.29, 0.717) is 31.6 Å². The van der Waals surface area contributed by atoms with Gasteiger partial charge in [0.1, 0.15) is 19.3 Å². The van der Waals surface area contributed by atoms with Gasteiger partial charge in [0.25, 0.3) is 0 Å². The van der Waals surface area contributed by atoms with Crippen LogP contribution in [0.5, 0.6) is 0 Å². The van der Waals surface area contributed by atoms with Gasteiger partial charge in [-0.25, -0.2) is 9.13 Å². The average Bonchev–Trinajstić information content (AvgIpc) is 0.899. The molecule has 642 valence electrons. The van der Waals surface area contributed by atoms with Gasteiger partial charge in [0.2, 0.25) is 0 Å². The first-order valence-corrected chi connectivity index (χ1v) is 48.9. The maximum Gasteiger partial charge on any atom is 0.472 e. The molecule has 0 saturated heterocycles. The fourth-order valence-corrected chi connectivity index (χ4v) is 15.4. The van der Waals surface area contributed by atoms with Crippen molar-refractivity contribution in [1.82, 2.24) is 0 Å². The number of carbonyl (C=O) groups is 4. The molecule has 19 heteroatoms. The summed E-state index contributed by atoms with van der Waals surface area (Å²) in [5.41, 5.74) is 0. The lowest BCUT2D eigenvalue weighted by molar-refractivity contribution is -0.161. The fourth-order valence-electron chi connectivity index (χ4n) is 13.9. The van der Waals surface area contributed by atoms with Crippen LogP contribution in [0.2, 0.25) is 0 Å². The predicted molar refractivity (Wildman–Crippen MR) is 446 cm³/mol. The summed E-state index contributed by atoms with van der Waals surface area (Å²) in [6, 6.07) is 0. The third-order valence-corrected chi connectivity index (χ3v) is 23.1. The van der Waals surface area contributed by atoms with Gasteiger partial charge < -0.3 is 33.8 Å². The third-order valence-electron chi connectivity index (χ3n) is 21.2. The number of hydrogen-bond donors (Lipinski definition) is 3. The van der Waals surface area contributed by atoms with Crippen molar-refractivity contribution in [3.63, 3.8) is 0 Å². The van der Waals surface area contributed by atoms with Gasteiger partial charge in [0.05, 0.1) is 26.4 Å². The van der Waals surface area contributed by atoms with Gasteiger partial charge in [-0.05, 0) is 43.4 Å². The Bertz CT molecular complexity index is 2080.